The second kappa shape index (κ2) is 9.17. The van der Waals surface area contributed by atoms with Gasteiger partial charge in [-0.25, -0.2) is 8.42 Å². The standard InChI is InChI=1S/C20H27N3O3S2/c1-3-17-6-8-18(9-7-17)16(2)21-19(24)15-22-10-12-23(13-11-22)28(25,26)20-5-4-14-27-20/h4-9,14,16H,3,10-13,15H2,1-2H3,(H,21,24)/t16-/m0/s1. The first-order valence-corrected chi connectivity index (χ1v) is 11.9. The molecule has 1 aromatic carbocycles. The van der Waals surface area contributed by atoms with E-state index < -0.39 is 10.0 Å². The van der Waals surface area contributed by atoms with Crippen molar-refractivity contribution < 1.29 is 13.2 Å². The molecule has 1 aromatic heterocycles. The summed E-state index contributed by atoms with van der Waals surface area (Å²) in [6, 6.07) is 11.6. The number of aryl methyl sites for hydroxylation is 1. The zero-order valence-electron chi connectivity index (χ0n) is 16.3. The number of nitrogens with zero attached hydrogens (tertiary/aromatic N) is 2. The lowest BCUT2D eigenvalue weighted by Crippen LogP contribution is -2.51. The number of carbonyl (C=O) groups is 1. The van der Waals surface area contributed by atoms with Crippen LogP contribution in [-0.2, 0) is 21.2 Å². The Labute approximate surface area is 171 Å². The summed E-state index contributed by atoms with van der Waals surface area (Å²) in [6.07, 6.45) is 0.995. The molecule has 2 aromatic rings. The van der Waals surface area contributed by atoms with Crippen molar-refractivity contribution in [3.05, 3.63) is 52.9 Å². The van der Waals surface area contributed by atoms with Crippen LogP contribution in [0.3, 0.4) is 0 Å². The lowest BCUT2D eigenvalue weighted by molar-refractivity contribution is -0.123. The first-order valence-electron chi connectivity index (χ1n) is 9.54. The van der Waals surface area contributed by atoms with Gasteiger partial charge in [-0.2, -0.15) is 4.31 Å². The summed E-state index contributed by atoms with van der Waals surface area (Å²) in [5, 5.41) is 4.80. The number of nitrogens with one attached hydrogen (secondary N) is 1. The summed E-state index contributed by atoms with van der Waals surface area (Å²) in [6.45, 7) is 6.29. The number of sulfonamides is 1. The van der Waals surface area contributed by atoms with Crippen molar-refractivity contribution in [1.82, 2.24) is 14.5 Å². The van der Waals surface area contributed by atoms with Gasteiger partial charge in [-0.05, 0) is 35.9 Å². The fourth-order valence-corrected chi connectivity index (χ4v) is 5.85. The lowest BCUT2D eigenvalue weighted by Gasteiger charge is -2.33. The molecule has 0 unspecified atom stereocenters. The van der Waals surface area contributed by atoms with E-state index in [1.54, 1.807) is 17.5 Å². The third kappa shape index (κ3) is 5.00. The molecule has 1 amide bonds. The van der Waals surface area contributed by atoms with E-state index in [2.05, 4.69) is 36.5 Å². The first kappa shape index (κ1) is 21.0. The highest BCUT2D eigenvalue weighted by Gasteiger charge is 2.29. The third-order valence-electron chi connectivity index (χ3n) is 5.05. The first-order chi connectivity index (χ1) is 13.4. The van der Waals surface area contributed by atoms with Crippen LogP contribution in [0.1, 0.15) is 31.0 Å². The molecule has 1 aliphatic heterocycles. The number of amides is 1. The number of rotatable bonds is 7. The molecule has 1 N–H and O–H groups in total. The van der Waals surface area contributed by atoms with Crippen LogP contribution in [0, 0.1) is 0 Å². The predicted molar refractivity (Wildman–Crippen MR) is 112 cm³/mol. The van der Waals surface area contributed by atoms with Crippen LogP contribution >= 0.6 is 11.3 Å². The van der Waals surface area contributed by atoms with Gasteiger partial charge in [-0.1, -0.05) is 37.3 Å². The SMILES string of the molecule is CCc1ccc([C@H](C)NC(=O)CN2CCN(S(=O)(=O)c3cccs3)CC2)cc1. The Morgan fingerprint density at radius 2 is 1.82 bits per heavy atom. The van der Waals surface area contributed by atoms with Crippen LogP contribution in [0.4, 0.5) is 0 Å². The van der Waals surface area contributed by atoms with E-state index in [1.165, 1.54) is 21.2 Å². The topological polar surface area (TPSA) is 69.7 Å². The average molecular weight is 422 g/mol. The van der Waals surface area contributed by atoms with E-state index in [0.717, 1.165) is 12.0 Å². The fourth-order valence-electron chi connectivity index (χ4n) is 3.28. The second-order valence-corrected chi connectivity index (χ2v) is 10.1. The molecule has 1 aliphatic rings. The molecule has 3 rings (SSSR count). The van der Waals surface area contributed by atoms with Gasteiger partial charge in [0.05, 0.1) is 12.6 Å². The minimum atomic E-state index is -3.41. The molecular formula is C20H27N3O3S2. The highest BCUT2D eigenvalue weighted by Crippen LogP contribution is 2.22. The van der Waals surface area contributed by atoms with Crippen molar-refractivity contribution in [3.8, 4) is 0 Å². The minimum absolute atomic E-state index is 0.0402. The Hall–Kier alpha value is -1.74. The van der Waals surface area contributed by atoms with Gasteiger partial charge in [0, 0.05) is 26.2 Å². The van der Waals surface area contributed by atoms with Crippen molar-refractivity contribution in [3.63, 3.8) is 0 Å². The molecule has 1 atom stereocenters. The van der Waals surface area contributed by atoms with Gasteiger partial charge in [0.25, 0.3) is 10.0 Å². The van der Waals surface area contributed by atoms with Gasteiger partial charge in [-0.3, -0.25) is 9.69 Å². The number of thiophene rings is 1. The Morgan fingerprint density at radius 1 is 1.14 bits per heavy atom. The normalized spacial score (nSPS) is 17.4. The van der Waals surface area contributed by atoms with Crippen molar-refractivity contribution in [1.29, 1.82) is 0 Å². The summed E-state index contributed by atoms with van der Waals surface area (Å²) in [5.41, 5.74) is 2.36. The number of carbonyl (C=O) groups excluding carboxylic acids is 1. The van der Waals surface area contributed by atoms with Gasteiger partial charge < -0.3 is 5.32 Å². The highest BCUT2D eigenvalue weighted by atomic mass is 32.2. The Bertz CT molecular complexity index is 872. The lowest BCUT2D eigenvalue weighted by atomic mass is 10.1. The largest absolute Gasteiger partial charge is 0.348 e. The van der Waals surface area contributed by atoms with Crippen molar-refractivity contribution in [2.45, 2.75) is 30.5 Å². The Morgan fingerprint density at radius 3 is 2.39 bits per heavy atom. The molecule has 28 heavy (non-hydrogen) atoms. The quantitative estimate of drug-likeness (QED) is 0.746. The maximum atomic E-state index is 12.6. The van der Waals surface area contributed by atoms with Crippen LogP contribution in [0.15, 0.2) is 46.0 Å². The van der Waals surface area contributed by atoms with Crippen LogP contribution in [-0.4, -0.2) is 56.3 Å². The molecule has 1 saturated heterocycles. The van der Waals surface area contributed by atoms with E-state index >= 15 is 0 Å². The summed E-state index contributed by atoms with van der Waals surface area (Å²) in [5.74, 6) is -0.0402. The highest BCUT2D eigenvalue weighted by molar-refractivity contribution is 7.91. The van der Waals surface area contributed by atoms with E-state index in [0.29, 0.717) is 30.4 Å². The molecule has 6 nitrogen and oxygen atoms in total. The smallest absolute Gasteiger partial charge is 0.252 e. The average Bonchev–Trinajstić information content (AvgIpc) is 3.24. The third-order valence-corrected chi connectivity index (χ3v) is 8.32. The molecular weight excluding hydrogens is 394 g/mol. The maximum absolute atomic E-state index is 12.6. The van der Waals surface area contributed by atoms with Gasteiger partial charge in [0.2, 0.25) is 5.91 Å². The van der Waals surface area contributed by atoms with Crippen molar-refractivity contribution in [2.75, 3.05) is 32.7 Å². The number of hydrogen-bond donors (Lipinski definition) is 1. The van der Waals surface area contributed by atoms with Gasteiger partial charge in [0.15, 0.2) is 0 Å². The van der Waals surface area contributed by atoms with Crippen LogP contribution in [0.2, 0.25) is 0 Å². The van der Waals surface area contributed by atoms with Gasteiger partial charge in [-0.15, -0.1) is 11.3 Å². The molecule has 8 heteroatoms. The molecule has 0 radical (unpaired) electrons. The molecule has 0 bridgehead atoms. The molecule has 1 fully saturated rings. The summed E-state index contributed by atoms with van der Waals surface area (Å²) in [7, 11) is -3.41. The zero-order valence-corrected chi connectivity index (χ0v) is 17.9. The second-order valence-electron chi connectivity index (χ2n) is 7.00. The van der Waals surface area contributed by atoms with Crippen molar-refractivity contribution in [2.24, 2.45) is 0 Å². The summed E-state index contributed by atoms with van der Waals surface area (Å²) >= 11 is 1.23. The minimum Gasteiger partial charge on any atom is -0.348 e. The van der Waals surface area contributed by atoms with E-state index in [-0.39, 0.29) is 18.5 Å². The molecule has 2 heterocycles. The molecule has 0 aliphatic carbocycles. The van der Waals surface area contributed by atoms with E-state index in [9.17, 15) is 13.2 Å². The Balaban J connectivity index is 1.48. The van der Waals surface area contributed by atoms with Crippen molar-refractivity contribution >= 4 is 27.3 Å². The summed E-state index contributed by atoms with van der Waals surface area (Å²) in [4.78, 5) is 14.4. The monoisotopic (exact) mass is 421 g/mol. The molecule has 0 spiro atoms. The number of benzene rings is 1. The zero-order chi connectivity index (χ0) is 20.1. The Kier molecular flexibility index (Phi) is 6.87. The number of hydrogen-bond acceptors (Lipinski definition) is 5. The molecule has 152 valence electrons. The number of piperazine rings is 1. The predicted octanol–water partition coefficient (Wildman–Crippen LogP) is 2.49. The van der Waals surface area contributed by atoms with E-state index in [1.807, 2.05) is 11.8 Å². The van der Waals surface area contributed by atoms with Gasteiger partial charge >= 0.3 is 0 Å². The molecule has 0 saturated carbocycles. The van der Waals surface area contributed by atoms with Crippen LogP contribution in [0.25, 0.3) is 0 Å². The van der Waals surface area contributed by atoms with E-state index in [4.69, 9.17) is 0 Å². The van der Waals surface area contributed by atoms with Crippen LogP contribution in [0.5, 0.6) is 0 Å². The van der Waals surface area contributed by atoms with Gasteiger partial charge in [0.1, 0.15) is 4.21 Å². The maximum Gasteiger partial charge on any atom is 0.252 e. The fraction of sp³-hybridized carbons (Fsp3) is 0.450. The summed E-state index contributed by atoms with van der Waals surface area (Å²) < 4.78 is 27.0. The van der Waals surface area contributed by atoms with Crippen LogP contribution < -0.4 is 5.32 Å².